The highest BCUT2D eigenvalue weighted by Crippen LogP contribution is 2.02. The average Bonchev–Trinajstić information content (AvgIpc) is 2.43. The maximum Gasteiger partial charge on any atom is 0.343 e. The summed E-state index contributed by atoms with van der Waals surface area (Å²) in [5.74, 6) is -8.64. The van der Waals surface area contributed by atoms with Gasteiger partial charge in [-0.15, -0.1) is 0 Å². The highest BCUT2D eigenvalue weighted by molar-refractivity contribution is 5.93. The molecule has 0 saturated heterocycles. The highest BCUT2D eigenvalue weighted by atomic mass is 16.6. The molecule has 0 fully saturated rings. The molecule has 12 heteroatoms. The van der Waals surface area contributed by atoms with Gasteiger partial charge in [0.15, 0.2) is 12.2 Å². The van der Waals surface area contributed by atoms with Crippen LogP contribution in [0.4, 0.5) is 0 Å². The van der Waals surface area contributed by atoms with E-state index in [9.17, 15) is 28.8 Å². The molecule has 0 heterocycles. The topological polar surface area (TPSA) is 202 Å². The number of carboxylic acids is 2. The van der Waals surface area contributed by atoms with E-state index in [-0.39, 0.29) is 0 Å². The molecule has 0 bridgehead atoms. The van der Waals surface area contributed by atoms with Gasteiger partial charge in [-0.3, -0.25) is 19.2 Å². The number of aliphatic hydroxyl groups is 2. The molecule has 0 radical (unpaired) electrons. The van der Waals surface area contributed by atoms with E-state index in [1.807, 2.05) is 0 Å². The maximum atomic E-state index is 11.2. The quantitative estimate of drug-likeness (QED) is 0.253. The van der Waals surface area contributed by atoms with Crippen molar-refractivity contribution in [2.75, 3.05) is 0 Å². The monoisotopic (exact) mass is 350 g/mol. The van der Waals surface area contributed by atoms with E-state index < -0.39 is 73.7 Å². The first-order valence-electron chi connectivity index (χ1n) is 6.31. The predicted octanol–water partition coefficient (Wildman–Crippen LogP) is -2.42. The lowest BCUT2D eigenvalue weighted by atomic mass is 10.2. The zero-order valence-corrected chi connectivity index (χ0v) is 12.0. The number of aliphatic hydroxyl groups excluding tert-OH is 2. The smallest absolute Gasteiger partial charge is 0.343 e. The SMILES string of the molecule is O=C(O)CC(O)C(=O)OC(=O)CCC(=O)OC(=O)C(O)CC(=O)O. The second-order valence-electron chi connectivity index (χ2n) is 4.31. The fourth-order valence-corrected chi connectivity index (χ4v) is 1.16. The summed E-state index contributed by atoms with van der Waals surface area (Å²) in [7, 11) is 0. The average molecular weight is 350 g/mol. The van der Waals surface area contributed by atoms with Crippen molar-refractivity contribution in [1.29, 1.82) is 0 Å². The Balaban J connectivity index is 4.20. The second kappa shape index (κ2) is 10.0. The van der Waals surface area contributed by atoms with Crippen LogP contribution in [0.25, 0.3) is 0 Å². The number of hydrogen-bond acceptors (Lipinski definition) is 10. The van der Waals surface area contributed by atoms with Crippen LogP contribution in [0.5, 0.6) is 0 Å². The lowest BCUT2D eigenvalue weighted by molar-refractivity contribution is -0.172. The van der Waals surface area contributed by atoms with Crippen molar-refractivity contribution < 1.29 is 58.7 Å². The third-order valence-electron chi connectivity index (χ3n) is 2.24. The lowest BCUT2D eigenvalue weighted by Crippen LogP contribution is -2.29. The maximum absolute atomic E-state index is 11.2. The molecule has 24 heavy (non-hydrogen) atoms. The minimum Gasteiger partial charge on any atom is -0.481 e. The predicted molar refractivity (Wildman–Crippen MR) is 68.0 cm³/mol. The van der Waals surface area contributed by atoms with Crippen LogP contribution in [-0.2, 0) is 38.2 Å². The minimum absolute atomic E-state index is 0.743. The van der Waals surface area contributed by atoms with Gasteiger partial charge in [0.1, 0.15) is 0 Å². The molecule has 0 aliphatic heterocycles. The van der Waals surface area contributed by atoms with Crippen LogP contribution in [0.3, 0.4) is 0 Å². The van der Waals surface area contributed by atoms with Crippen LogP contribution in [0.2, 0.25) is 0 Å². The van der Waals surface area contributed by atoms with Crippen LogP contribution in [0, 0.1) is 0 Å². The van der Waals surface area contributed by atoms with Crippen LogP contribution in [0.15, 0.2) is 0 Å². The third-order valence-corrected chi connectivity index (χ3v) is 2.24. The van der Waals surface area contributed by atoms with Crippen molar-refractivity contribution in [3.8, 4) is 0 Å². The number of rotatable bonds is 9. The first kappa shape index (κ1) is 21.1. The van der Waals surface area contributed by atoms with E-state index >= 15 is 0 Å². The molecule has 12 nitrogen and oxygen atoms in total. The molecule has 0 aromatic rings. The summed E-state index contributed by atoms with van der Waals surface area (Å²) in [6.07, 6.45) is -7.58. The standard InChI is InChI=1S/C12H14O12/c13-5(3-7(15)16)11(21)23-9(19)1-2-10(20)24-12(22)6(14)4-8(17)18/h5-6,13-14H,1-4H2,(H,15,16)(H,17,18). The summed E-state index contributed by atoms with van der Waals surface area (Å²) in [5, 5.41) is 34.7. The number of esters is 4. The number of carbonyl (C=O) groups excluding carboxylic acids is 4. The fourth-order valence-electron chi connectivity index (χ4n) is 1.16. The molecule has 0 aliphatic rings. The van der Waals surface area contributed by atoms with Gasteiger partial charge in [0.2, 0.25) is 0 Å². The normalized spacial score (nSPS) is 12.6. The van der Waals surface area contributed by atoms with Crippen molar-refractivity contribution in [3.05, 3.63) is 0 Å². The Bertz CT molecular complexity index is 488. The molecular weight excluding hydrogens is 336 g/mol. The number of ether oxygens (including phenoxy) is 2. The lowest BCUT2D eigenvalue weighted by Gasteiger charge is -2.08. The van der Waals surface area contributed by atoms with Gasteiger partial charge in [-0.05, 0) is 0 Å². The van der Waals surface area contributed by atoms with Gasteiger partial charge in [0.05, 0.1) is 25.7 Å². The van der Waals surface area contributed by atoms with Gasteiger partial charge in [0.25, 0.3) is 0 Å². The van der Waals surface area contributed by atoms with E-state index in [4.69, 9.17) is 20.4 Å². The first-order chi connectivity index (χ1) is 11.0. The molecule has 0 aliphatic carbocycles. The third kappa shape index (κ3) is 9.22. The van der Waals surface area contributed by atoms with Gasteiger partial charge >= 0.3 is 35.8 Å². The summed E-state index contributed by atoms with van der Waals surface area (Å²) in [6, 6.07) is 0. The van der Waals surface area contributed by atoms with E-state index in [2.05, 4.69) is 9.47 Å². The molecule has 2 atom stereocenters. The largest absolute Gasteiger partial charge is 0.481 e. The van der Waals surface area contributed by atoms with Gasteiger partial charge < -0.3 is 29.9 Å². The van der Waals surface area contributed by atoms with Crippen molar-refractivity contribution in [3.63, 3.8) is 0 Å². The van der Waals surface area contributed by atoms with Crippen LogP contribution >= 0.6 is 0 Å². The zero-order chi connectivity index (χ0) is 18.9. The van der Waals surface area contributed by atoms with Gasteiger partial charge in [-0.2, -0.15) is 0 Å². The Kier molecular flexibility index (Phi) is 8.82. The molecule has 2 unspecified atom stereocenters. The zero-order valence-electron chi connectivity index (χ0n) is 12.0. The highest BCUT2D eigenvalue weighted by Gasteiger charge is 2.25. The molecular formula is C12H14O12. The van der Waals surface area contributed by atoms with E-state index in [1.54, 1.807) is 0 Å². The molecule has 0 saturated carbocycles. The Hall–Kier alpha value is -2.86. The first-order valence-corrected chi connectivity index (χ1v) is 6.31. The number of hydrogen-bond donors (Lipinski definition) is 4. The summed E-state index contributed by atoms with van der Waals surface area (Å²) in [5.41, 5.74) is 0. The van der Waals surface area contributed by atoms with Crippen LogP contribution in [0.1, 0.15) is 25.7 Å². The summed E-state index contributed by atoms with van der Waals surface area (Å²) in [4.78, 5) is 65.0. The van der Waals surface area contributed by atoms with E-state index in [0.29, 0.717) is 0 Å². The molecule has 4 N–H and O–H groups in total. The molecule has 0 rings (SSSR count). The Labute approximate surface area is 133 Å². The van der Waals surface area contributed by atoms with Gasteiger partial charge in [0, 0.05) is 0 Å². The second-order valence-corrected chi connectivity index (χ2v) is 4.31. The minimum atomic E-state index is -2.06. The molecule has 134 valence electrons. The molecule has 0 spiro atoms. The number of aliphatic carboxylic acids is 2. The Morgan fingerprint density at radius 3 is 1.21 bits per heavy atom. The fraction of sp³-hybridized carbons (Fsp3) is 0.500. The summed E-state index contributed by atoms with van der Waals surface area (Å²) >= 11 is 0. The van der Waals surface area contributed by atoms with Crippen LogP contribution in [-0.4, -0.2) is 68.4 Å². The van der Waals surface area contributed by atoms with Gasteiger partial charge in [-0.25, -0.2) is 9.59 Å². The Morgan fingerprint density at radius 1 is 0.667 bits per heavy atom. The number of carbonyl (C=O) groups is 6. The van der Waals surface area contributed by atoms with Crippen molar-refractivity contribution >= 4 is 35.8 Å². The van der Waals surface area contributed by atoms with Crippen molar-refractivity contribution in [2.45, 2.75) is 37.9 Å². The van der Waals surface area contributed by atoms with Crippen molar-refractivity contribution in [2.24, 2.45) is 0 Å². The van der Waals surface area contributed by atoms with Crippen molar-refractivity contribution in [1.82, 2.24) is 0 Å². The van der Waals surface area contributed by atoms with Gasteiger partial charge in [-0.1, -0.05) is 0 Å². The van der Waals surface area contributed by atoms with E-state index in [0.717, 1.165) is 0 Å². The molecule has 0 amide bonds. The summed E-state index contributed by atoms with van der Waals surface area (Å²) in [6.45, 7) is 0. The number of carboxylic acid groups (broad SMARTS) is 2. The Morgan fingerprint density at radius 2 is 0.958 bits per heavy atom. The van der Waals surface area contributed by atoms with E-state index in [1.165, 1.54) is 0 Å². The molecule has 0 aromatic heterocycles. The van der Waals surface area contributed by atoms with Crippen LogP contribution < -0.4 is 0 Å². The summed E-state index contributed by atoms with van der Waals surface area (Å²) < 4.78 is 8.12. The molecule has 0 aromatic carbocycles.